The van der Waals surface area contributed by atoms with E-state index in [1.807, 2.05) is 4.57 Å². The van der Waals surface area contributed by atoms with E-state index in [1.54, 1.807) is 11.8 Å². The maximum Gasteiger partial charge on any atom is 0.191 e. The van der Waals surface area contributed by atoms with Crippen LogP contribution in [-0.2, 0) is 13.2 Å². The molecular formula is C13H24N4OS. The van der Waals surface area contributed by atoms with E-state index in [-0.39, 0.29) is 6.61 Å². The van der Waals surface area contributed by atoms with Crippen LogP contribution in [0.4, 0.5) is 0 Å². The molecule has 1 N–H and O–H groups in total. The molecule has 1 atom stereocenters. The molecule has 1 aliphatic heterocycles. The fraction of sp³-hybridized carbons (Fsp3) is 0.846. The third kappa shape index (κ3) is 3.70. The number of hydrogen-bond donors (Lipinski definition) is 1. The Labute approximate surface area is 119 Å². The average molecular weight is 284 g/mol. The Morgan fingerprint density at radius 2 is 2.26 bits per heavy atom. The van der Waals surface area contributed by atoms with Crippen LogP contribution in [0.1, 0.15) is 38.4 Å². The summed E-state index contributed by atoms with van der Waals surface area (Å²) in [5.74, 6) is 1.75. The highest BCUT2D eigenvalue weighted by Crippen LogP contribution is 2.23. The van der Waals surface area contributed by atoms with Gasteiger partial charge in [-0.2, -0.15) is 0 Å². The lowest BCUT2D eigenvalue weighted by molar-refractivity contribution is 0.263. The normalized spacial score (nSPS) is 20.3. The van der Waals surface area contributed by atoms with Crippen LogP contribution >= 0.6 is 11.8 Å². The molecule has 0 aromatic carbocycles. The van der Waals surface area contributed by atoms with Gasteiger partial charge in [-0.1, -0.05) is 18.7 Å². The first kappa shape index (κ1) is 14.8. The van der Waals surface area contributed by atoms with Gasteiger partial charge in [0.15, 0.2) is 11.0 Å². The average Bonchev–Trinajstić information content (AvgIpc) is 2.98. The van der Waals surface area contributed by atoms with E-state index in [4.69, 9.17) is 0 Å². The first-order valence-electron chi connectivity index (χ1n) is 7.12. The number of thioether (sulfide) groups is 1. The van der Waals surface area contributed by atoms with Gasteiger partial charge in [0.25, 0.3) is 0 Å². The Bertz CT molecular complexity index is 396. The molecule has 1 aliphatic rings. The van der Waals surface area contributed by atoms with Crippen molar-refractivity contribution in [2.24, 2.45) is 0 Å². The number of aliphatic hydroxyl groups is 1. The molecule has 0 saturated carbocycles. The van der Waals surface area contributed by atoms with E-state index >= 15 is 0 Å². The van der Waals surface area contributed by atoms with Gasteiger partial charge in [-0.3, -0.25) is 0 Å². The van der Waals surface area contributed by atoms with Crippen molar-refractivity contribution in [3.05, 3.63) is 5.82 Å². The summed E-state index contributed by atoms with van der Waals surface area (Å²) in [6.07, 6.45) is 4.88. The molecule has 1 unspecified atom stereocenters. The summed E-state index contributed by atoms with van der Waals surface area (Å²) in [5.41, 5.74) is 0. The van der Waals surface area contributed by atoms with Crippen molar-refractivity contribution in [1.29, 1.82) is 0 Å². The summed E-state index contributed by atoms with van der Waals surface area (Å²) in [4.78, 5) is 2.45. The van der Waals surface area contributed by atoms with Gasteiger partial charge in [0, 0.05) is 18.3 Å². The van der Waals surface area contributed by atoms with Crippen LogP contribution in [0.15, 0.2) is 5.16 Å². The number of aliphatic hydroxyl groups excluding tert-OH is 1. The van der Waals surface area contributed by atoms with Crippen LogP contribution in [0.25, 0.3) is 0 Å². The molecule has 1 aromatic heterocycles. The monoisotopic (exact) mass is 284 g/mol. The lowest BCUT2D eigenvalue weighted by atomic mass is 10.2. The maximum absolute atomic E-state index is 9.25. The number of rotatable bonds is 7. The Kier molecular flexibility index (Phi) is 5.66. The van der Waals surface area contributed by atoms with Crippen LogP contribution in [0.5, 0.6) is 0 Å². The molecule has 1 saturated heterocycles. The molecule has 2 rings (SSSR count). The van der Waals surface area contributed by atoms with Crippen LogP contribution in [-0.4, -0.2) is 50.2 Å². The molecule has 19 heavy (non-hydrogen) atoms. The standard InChI is InChI=1S/C13H24N4OS/c1-3-7-17-12(10-18)14-15-13(17)19-9-6-11-5-4-8-16(11)2/h11,18H,3-10H2,1-2H3. The molecule has 108 valence electrons. The van der Waals surface area contributed by atoms with Crippen LogP contribution in [0.3, 0.4) is 0 Å². The van der Waals surface area contributed by atoms with Gasteiger partial charge in [-0.05, 0) is 39.3 Å². The topological polar surface area (TPSA) is 54.2 Å². The number of aromatic nitrogens is 3. The molecule has 0 radical (unpaired) electrons. The molecular weight excluding hydrogens is 260 g/mol. The molecule has 6 heteroatoms. The molecule has 2 heterocycles. The van der Waals surface area contributed by atoms with Crippen molar-refractivity contribution in [3.8, 4) is 0 Å². The second-order valence-electron chi connectivity index (χ2n) is 5.12. The van der Waals surface area contributed by atoms with Crippen molar-refractivity contribution in [2.45, 2.75) is 57.0 Å². The Morgan fingerprint density at radius 1 is 1.42 bits per heavy atom. The van der Waals surface area contributed by atoms with E-state index in [2.05, 4.69) is 29.1 Å². The second-order valence-corrected chi connectivity index (χ2v) is 6.18. The van der Waals surface area contributed by atoms with Crippen LogP contribution in [0.2, 0.25) is 0 Å². The Balaban J connectivity index is 1.86. The maximum atomic E-state index is 9.25. The van der Waals surface area contributed by atoms with Gasteiger partial charge < -0.3 is 14.6 Å². The minimum Gasteiger partial charge on any atom is -0.388 e. The van der Waals surface area contributed by atoms with Crippen molar-refractivity contribution in [1.82, 2.24) is 19.7 Å². The smallest absolute Gasteiger partial charge is 0.191 e. The third-order valence-corrected chi connectivity index (χ3v) is 4.74. The van der Waals surface area contributed by atoms with Crippen molar-refractivity contribution >= 4 is 11.8 Å². The summed E-state index contributed by atoms with van der Waals surface area (Å²) in [6.45, 7) is 4.21. The molecule has 0 amide bonds. The highest BCUT2D eigenvalue weighted by Gasteiger charge is 2.20. The first-order chi connectivity index (χ1) is 9.26. The predicted molar refractivity (Wildman–Crippen MR) is 77.2 cm³/mol. The van der Waals surface area contributed by atoms with Crippen molar-refractivity contribution in [2.75, 3.05) is 19.3 Å². The van der Waals surface area contributed by atoms with E-state index in [0.29, 0.717) is 5.82 Å². The molecule has 1 aromatic rings. The minimum absolute atomic E-state index is 0.0288. The highest BCUT2D eigenvalue weighted by atomic mass is 32.2. The fourth-order valence-corrected chi connectivity index (χ4v) is 3.64. The van der Waals surface area contributed by atoms with Crippen LogP contribution < -0.4 is 0 Å². The number of likely N-dealkylation sites (tertiary alicyclic amines) is 1. The lowest BCUT2D eigenvalue weighted by Crippen LogP contribution is -2.25. The van der Waals surface area contributed by atoms with Gasteiger partial charge in [0.05, 0.1) is 0 Å². The zero-order chi connectivity index (χ0) is 13.7. The first-order valence-corrected chi connectivity index (χ1v) is 8.10. The minimum atomic E-state index is -0.0288. The summed E-state index contributed by atoms with van der Waals surface area (Å²) in [7, 11) is 2.21. The molecule has 0 aliphatic carbocycles. The largest absolute Gasteiger partial charge is 0.388 e. The molecule has 0 bridgehead atoms. The van der Waals surface area contributed by atoms with Gasteiger partial charge >= 0.3 is 0 Å². The summed E-state index contributed by atoms with van der Waals surface area (Å²) in [5, 5.41) is 18.4. The predicted octanol–water partition coefficient (Wildman–Crippen LogP) is 1.76. The second kappa shape index (κ2) is 7.26. The fourth-order valence-electron chi connectivity index (χ4n) is 2.62. The number of hydrogen-bond acceptors (Lipinski definition) is 5. The third-order valence-electron chi connectivity index (χ3n) is 3.74. The molecule has 1 fully saturated rings. The summed E-state index contributed by atoms with van der Waals surface area (Å²) < 4.78 is 2.04. The van der Waals surface area contributed by atoms with Gasteiger partial charge in [0.1, 0.15) is 6.61 Å². The van der Waals surface area contributed by atoms with E-state index in [1.165, 1.54) is 25.8 Å². The summed E-state index contributed by atoms with van der Waals surface area (Å²) in [6, 6.07) is 0.729. The lowest BCUT2D eigenvalue weighted by Gasteiger charge is -2.18. The van der Waals surface area contributed by atoms with Gasteiger partial charge in [-0.15, -0.1) is 10.2 Å². The van der Waals surface area contributed by atoms with Crippen LogP contribution in [0, 0.1) is 0 Å². The quantitative estimate of drug-likeness (QED) is 0.773. The number of nitrogens with zero attached hydrogens (tertiary/aromatic N) is 4. The Morgan fingerprint density at radius 3 is 2.89 bits per heavy atom. The van der Waals surface area contributed by atoms with Gasteiger partial charge in [0.2, 0.25) is 0 Å². The molecule has 5 nitrogen and oxygen atoms in total. The van der Waals surface area contributed by atoms with Crippen molar-refractivity contribution < 1.29 is 5.11 Å². The molecule has 0 spiro atoms. The Hall–Kier alpha value is -0.590. The van der Waals surface area contributed by atoms with Gasteiger partial charge in [-0.25, -0.2) is 0 Å². The zero-order valence-electron chi connectivity index (χ0n) is 11.9. The zero-order valence-corrected chi connectivity index (χ0v) is 12.7. The summed E-state index contributed by atoms with van der Waals surface area (Å²) >= 11 is 1.76. The van der Waals surface area contributed by atoms with E-state index in [0.717, 1.165) is 29.9 Å². The highest BCUT2D eigenvalue weighted by molar-refractivity contribution is 7.99. The van der Waals surface area contributed by atoms with E-state index < -0.39 is 0 Å². The van der Waals surface area contributed by atoms with E-state index in [9.17, 15) is 5.11 Å². The van der Waals surface area contributed by atoms with Crippen molar-refractivity contribution in [3.63, 3.8) is 0 Å². The SMILES string of the molecule is CCCn1c(CO)nnc1SCCC1CCCN1C.